The summed E-state index contributed by atoms with van der Waals surface area (Å²) in [5, 5.41) is 0. The molecule has 1 saturated heterocycles. The maximum Gasteiger partial charge on any atom is 0.261 e. The topological polar surface area (TPSA) is 79.2 Å². The van der Waals surface area contributed by atoms with E-state index in [-0.39, 0.29) is 22.0 Å². The highest BCUT2D eigenvalue weighted by Gasteiger charge is 2.61. The van der Waals surface area contributed by atoms with E-state index in [1.165, 1.54) is 36.1 Å². The number of nitrogens with two attached hydrogens (primary N) is 1. The van der Waals surface area contributed by atoms with Crippen molar-refractivity contribution in [2.75, 3.05) is 19.6 Å². The van der Waals surface area contributed by atoms with Gasteiger partial charge in [-0.25, -0.2) is 0 Å². The molecule has 2 fully saturated rings. The zero-order valence-electron chi connectivity index (χ0n) is 18.4. The standard InChI is InChI=1S/C25H33N3O2/c1-15(2)8-20-16(3)10-24-11-18-9-19(22(26)29)23(30)27-21(18)12-25(20,24)6-7-28(14-24)13-17-4-5-17/h8-9,17H,4-7,10-14H2,1-3H3,(H2,26,29)(H,27,30). The first-order valence-electron chi connectivity index (χ1n) is 11.4. The van der Waals surface area contributed by atoms with Crippen LogP contribution in [-0.4, -0.2) is 35.4 Å². The highest BCUT2D eigenvalue weighted by Crippen LogP contribution is 2.65. The number of likely N-dealkylation sites (tertiary alicyclic amines) is 1. The summed E-state index contributed by atoms with van der Waals surface area (Å²) in [7, 11) is 0. The minimum Gasteiger partial charge on any atom is -0.365 e. The second-order valence-corrected chi connectivity index (χ2v) is 10.6. The van der Waals surface area contributed by atoms with Gasteiger partial charge in [-0.1, -0.05) is 17.2 Å². The van der Waals surface area contributed by atoms with Gasteiger partial charge in [-0.05, 0) is 89.0 Å². The molecule has 1 amide bonds. The zero-order chi connectivity index (χ0) is 21.3. The molecular formula is C25H33N3O2. The van der Waals surface area contributed by atoms with Crippen LogP contribution in [0.25, 0.3) is 0 Å². The summed E-state index contributed by atoms with van der Waals surface area (Å²) in [5.74, 6) is 0.244. The van der Waals surface area contributed by atoms with Gasteiger partial charge in [-0.15, -0.1) is 0 Å². The van der Waals surface area contributed by atoms with Crippen molar-refractivity contribution in [3.63, 3.8) is 0 Å². The zero-order valence-corrected chi connectivity index (χ0v) is 18.4. The van der Waals surface area contributed by atoms with E-state index < -0.39 is 5.91 Å². The highest BCUT2D eigenvalue weighted by atomic mass is 16.2. The highest BCUT2D eigenvalue weighted by molar-refractivity contribution is 5.92. The molecule has 160 valence electrons. The van der Waals surface area contributed by atoms with Crippen LogP contribution < -0.4 is 11.3 Å². The number of carbonyl (C=O) groups excluding carboxylic acids is 1. The number of fused-ring (bicyclic) bond motifs is 1. The lowest BCUT2D eigenvalue weighted by Gasteiger charge is -2.57. The van der Waals surface area contributed by atoms with Gasteiger partial charge in [0.05, 0.1) is 0 Å². The SMILES string of the molecule is CC(C)=CC1=C(C)CC23Cc4cc(C(N)=O)c(=O)[nH]c4CC12CCN(CC1CC1)C3. The van der Waals surface area contributed by atoms with Gasteiger partial charge < -0.3 is 15.6 Å². The van der Waals surface area contributed by atoms with Crippen LogP contribution in [0.5, 0.6) is 0 Å². The smallest absolute Gasteiger partial charge is 0.261 e. The first-order chi connectivity index (χ1) is 14.2. The maximum atomic E-state index is 12.5. The van der Waals surface area contributed by atoms with Crippen LogP contribution in [0.1, 0.15) is 68.1 Å². The van der Waals surface area contributed by atoms with E-state index in [2.05, 4.69) is 36.7 Å². The Bertz CT molecular complexity index is 1040. The number of amides is 1. The number of aromatic amines is 1. The van der Waals surface area contributed by atoms with E-state index in [1.807, 2.05) is 0 Å². The molecule has 0 radical (unpaired) electrons. The van der Waals surface area contributed by atoms with Crippen molar-refractivity contribution in [3.8, 4) is 0 Å². The van der Waals surface area contributed by atoms with Crippen LogP contribution >= 0.6 is 0 Å². The van der Waals surface area contributed by atoms with Gasteiger partial charge in [0.25, 0.3) is 11.5 Å². The lowest BCUT2D eigenvalue weighted by molar-refractivity contribution is -0.0263. The fraction of sp³-hybridized carbons (Fsp3) is 0.600. The summed E-state index contributed by atoms with van der Waals surface area (Å²) in [6, 6.07) is 1.78. The van der Waals surface area contributed by atoms with Crippen LogP contribution in [0.3, 0.4) is 0 Å². The summed E-state index contributed by atoms with van der Waals surface area (Å²) >= 11 is 0. The van der Waals surface area contributed by atoms with E-state index in [4.69, 9.17) is 5.73 Å². The molecule has 1 aromatic rings. The second kappa shape index (κ2) is 6.68. The Morgan fingerprint density at radius 3 is 2.73 bits per heavy atom. The Balaban J connectivity index is 1.62. The number of H-pyrrole nitrogens is 1. The van der Waals surface area contributed by atoms with E-state index in [9.17, 15) is 9.59 Å². The number of carbonyl (C=O) groups is 1. The molecule has 0 aromatic carbocycles. The third kappa shape index (κ3) is 2.93. The van der Waals surface area contributed by atoms with Gasteiger partial charge >= 0.3 is 0 Å². The van der Waals surface area contributed by atoms with Crippen molar-refractivity contribution < 1.29 is 4.79 Å². The average molecular weight is 408 g/mol. The Labute approximate surface area is 178 Å². The molecule has 30 heavy (non-hydrogen) atoms. The van der Waals surface area contributed by atoms with Gasteiger partial charge in [0.15, 0.2) is 0 Å². The number of nitrogens with zero attached hydrogens (tertiary/aromatic N) is 1. The predicted octanol–water partition coefficient (Wildman–Crippen LogP) is 3.35. The number of primary amides is 1. The fourth-order valence-electron chi connectivity index (χ4n) is 6.74. The molecule has 2 atom stereocenters. The van der Waals surface area contributed by atoms with E-state index >= 15 is 0 Å². The van der Waals surface area contributed by atoms with Crippen LogP contribution in [0.2, 0.25) is 0 Å². The molecule has 2 unspecified atom stereocenters. The third-order valence-electron chi connectivity index (χ3n) is 8.11. The first kappa shape index (κ1) is 19.8. The van der Waals surface area contributed by atoms with Crippen molar-refractivity contribution in [1.29, 1.82) is 0 Å². The fourth-order valence-corrected chi connectivity index (χ4v) is 6.74. The summed E-state index contributed by atoms with van der Waals surface area (Å²) in [6.07, 6.45) is 9.13. The van der Waals surface area contributed by atoms with Crippen LogP contribution in [0.4, 0.5) is 0 Å². The number of rotatable bonds is 4. The molecule has 0 bridgehead atoms. The van der Waals surface area contributed by atoms with Gasteiger partial charge in [0.2, 0.25) is 0 Å². The average Bonchev–Trinajstić information content (AvgIpc) is 3.44. The Morgan fingerprint density at radius 2 is 2.07 bits per heavy atom. The molecule has 4 aliphatic rings. The monoisotopic (exact) mass is 407 g/mol. The number of aromatic nitrogens is 1. The number of nitrogens with one attached hydrogen (secondary N) is 1. The molecule has 0 spiro atoms. The number of allylic oxidation sites excluding steroid dienone is 4. The second-order valence-electron chi connectivity index (χ2n) is 10.6. The van der Waals surface area contributed by atoms with Crippen molar-refractivity contribution in [2.45, 2.75) is 59.3 Å². The summed E-state index contributed by atoms with van der Waals surface area (Å²) in [5.41, 5.74) is 11.9. The van der Waals surface area contributed by atoms with Gasteiger partial charge in [0.1, 0.15) is 5.56 Å². The Hall–Kier alpha value is -2.14. The van der Waals surface area contributed by atoms with E-state index in [0.717, 1.165) is 55.9 Å². The van der Waals surface area contributed by atoms with Gasteiger partial charge in [-0.3, -0.25) is 9.59 Å². The van der Waals surface area contributed by atoms with Crippen LogP contribution in [-0.2, 0) is 12.8 Å². The summed E-state index contributed by atoms with van der Waals surface area (Å²) in [4.78, 5) is 30.0. The molecule has 1 aromatic heterocycles. The minimum absolute atomic E-state index is 0.0680. The molecule has 5 heteroatoms. The van der Waals surface area contributed by atoms with E-state index in [1.54, 1.807) is 6.07 Å². The molecular weight excluding hydrogens is 374 g/mol. The predicted molar refractivity (Wildman–Crippen MR) is 118 cm³/mol. The maximum absolute atomic E-state index is 12.5. The number of hydrogen-bond acceptors (Lipinski definition) is 3. The van der Waals surface area contributed by atoms with Crippen LogP contribution in [0, 0.1) is 16.7 Å². The number of pyridine rings is 1. The Kier molecular flexibility index (Phi) is 4.41. The minimum atomic E-state index is -0.640. The molecule has 2 heterocycles. The molecule has 5 nitrogen and oxygen atoms in total. The Morgan fingerprint density at radius 1 is 1.30 bits per heavy atom. The van der Waals surface area contributed by atoms with Crippen molar-refractivity contribution in [2.24, 2.45) is 22.5 Å². The summed E-state index contributed by atoms with van der Waals surface area (Å²) < 4.78 is 0. The molecule has 3 aliphatic carbocycles. The van der Waals surface area contributed by atoms with Crippen molar-refractivity contribution in [3.05, 3.63) is 56.0 Å². The lowest BCUT2D eigenvalue weighted by Crippen LogP contribution is -2.58. The lowest BCUT2D eigenvalue weighted by atomic mass is 9.52. The normalized spacial score (nSPS) is 30.5. The molecule has 3 N–H and O–H groups in total. The molecule has 5 rings (SSSR count). The van der Waals surface area contributed by atoms with Gasteiger partial charge in [-0.2, -0.15) is 0 Å². The number of hydrogen-bond donors (Lipinski definition) is 2. The van der Waals surface area contributed by atoms with Crippen molar-refractivity contribution in [1.82, 2.24) is 9.88 Å². The van der Waals surface area contributed by atoms with Crippen LogP contribution in [0.15, 0.2) is 33.7 Å². The summed E-state index contributed by atoms with van der Waals surface area (Å²) in [6.45, 7) is 10.1. The largest absolute Gasteiger partial charge is 0.365 e. The molecule has 1 saturated carbocycles. The van der Waals surface area contributed by atoms with E-state index in [0.29, 0.717) is 0 Å². The first-order valence-corrected chi connectivity index (χ1v) is 11.4. The quantitative estimate of drug-likeness (QED) is 0.803. The molecule has 1 aliphatic heterocycles. The number of piperidine rings is 1. The van der Waals surface area contributed by atoms with Crippen molar-refractivity contribution >= 4 is 5.91 Å². The van der Waals surface area contributed by atoms with Gasteiger partial charge in [0, 0.05) is 29.6 Å². The third-order valence-corrected chi connectivity index (χ3v) is 8.11.